The lowest BCUT2D eigenvalue weighted by Crippen LogP contribution is -2.32. The SMILES string of the molecule is Cc1nnc2nc(N3CCCc4c(CCC(C)(C)C(F)(F)F)cccc43)c3cccc(F)c3n12. The number of aryl methyl sites for hydroxylation is 2. The van der Waals surface area contributed by atoms with Gasteiger partial charge in [0, 0.05) is 17.6 Å². The van der Waals surface area contributed by atoms with Crippen molar-refractivity contribution in [2.45, 2.75) is 52.6 Å². The lowest BCUT2D eigenvalue weighted by Gasteiger charge is -2.33. The summed E-state index contributed by atoms with van der Waals surface area (Å²) in [6.07, 6.45) is -2.35. The smallest absolute Gasteiger partial charge is 0.325 e. The number of rotatable bonds is 4. The van der Waals surface area contributed by atoms with Gasteiger partial charge in [0.05, 0.1) is 10.9 Å². The van der Waals surface area contributed by atoms with Crippen molar-refractivity contribution in [3.8, 4) is 0 Å². The van der Waals surface area contributed by atoms with E-state index in [0.29, 0.717) is 41.3 Å². The van der Waals surface area contributed by atoms with Crippen LogP contribution in [0.1, 0.15) is 43.6 Å². The van der Waals surface area contributed by atoms with Gasteiger partial charge in [0.2, 0.25) is 0 Å². The molecule has 0 N–H and O–H groups in total. The number of alkyl halides is 3. The summed E-state index contributed by atoms with van der Waals surface area (Å²) < 4.78 is 56.8. The van der Waals surface area contributed by atoms with E-state index in [2.05, 4.69) is 10.2 Å². The van der Waals surface area contributed by atoms with Crippen LogP contribution < -0.4 is 4.90 Å². The van der Waals surface area contributed by atoms with Gasteiger partial charge in [-0.1, -0.05) is 32.0 Å². The molecule has 2 aromatic carbocycles. The first-order valence-corrected chi connectivity index (χ1v) is 11.3. The van der Waals surface area contributed by atoms with Gasteiger partial charge in [0.1, 0.15) is 17.5 Å². The van der Waals surface area contributed by atoms with E-state index < -0.39 is 17.4 Å². The van der Waals surface area contributed by atoms with E-state index in [1.165, 1.54) is 19.9 Å². The van der Waals surface area contributed by atoms with E-state index in [-0.39, 0.29) is 6.42 Å². The molecule has 0 aliphatic carbocycles. The molecule has 0 spiro atoms. The standard InChI is InChI=1S/C25H25F4N5/c1-15-31-32-23-30-22(18-8-5-10-19(26)21(18)34(15)23)33-14-6-9-17-16(7-4-11-20(17)33)12-13-24(2,3)25(27,28)29/h4-5,7-8,10-11H,6,9,12-14H2,1-3H3. The summed E-state index contributed by atoms with van der Waals surface area (Å²) in [7, 11) is 0. The quantitative estimate of drug-likeness (QED) is 0.326. The normalized spacial score (nSPS) is 14.7. The molecule has 2 aromatic heterocycles. The van der Waals surface area contributed by atoms with Crippen molar-refractivity contribution in [3.63, 3.8) is 0 Å². The number of hydrogen-bond acceptors (Lipinski definition) is 4. The van der Waals surface area contributed by atoms with Gasteiger partial charge in [-0.3, -0.25) is 4.40 Å². The topological polar surface area (TPSA) is 46.3 Å². The van der Waals surface area contributed by atoms with E-state index in [4.69, 9.17) is 4.98 Å². The average molecular weight is 472 g/mol. The largest absolute Gasteiger partial charge is 0.393 e. The van der Waals surface area contributed by atoms with Crippen LogP contribution in [0.2, 0.25) is 0 Å². The second kappa shape index (κ2) is 7.92. The molecular weight excluding hydrogens is 446 g/mol. The van der Waals surface area contributed by atoms with Crippen LogP contribution in [0.15, 0.2) is 36.4 Å². The van der Waals surface area contributed by atoms with Gasteiger partial charge in [0.15, 0.2) is 0 Å². The van der Waals surface area contributed by atoms with Crippen molar-refractivity contribution in [1.29, 1.82) is 0 Å². The third-order valence-corrected chi connectivity index (χ3v) is 6.85. The molecule has 34 heavy (non-hydrogen) atoms. The Morgan fingerprint density at radius 2 is 1.79 bits per heavy atom. The molecule has 0 radical (unpaired) electrons. The minimum Gasteiger partial charge on any atom is -0.325 e. The van der Waals surface area contributed by atoms with Gasteiger partial charge >= 0.3 is 6.18 Å². The maximum absolute atomic E-state index is 15.0. The predicted molar refractivity (Wildman–Crippen MR) is 123 cm³/mol. The molecule has 0 bridgehead atoms. The van der Waals surface area contributed by atoms with Gasteiger partial charge in [0.25, 0.3) is 5.78 Å². The van der Waals surface area contributed by atoms with Crippen LogP contribution in [0.25, 0.3) is 16.7 Å². The summed E-state index contributed by atoms with van der Waals surface area (Å²) in [6, 6.07) is 10.6. The Kier molecular flexibility index (Phi) is 5.26. The van der Waals surface area contributed by atoms with E-state index >= 15 is 0 Å². The molecule has 9 heteroatoms. The van der Waals surface area contributed by atoms with Gasteiger partial charge in [-0.2, -0.15) is 18.2 Å². The van der Waals surface area contributed by atoms with Gasteiger partial charge in [-0.15, -0.1) is 10.2 Å². The van der Waals surface area contributed by atoms with E-state index in [9.17, 15) is 17.6 Å². The predicted octanol–water partition coefficient (Wildman–Crippen LogP) is 6.33. The zero-order chi connectivity index (χ0) is 24.3. The van der Waals surface area contributed by atoms with Crippen molar-refractivity contribution in [3.05, 3.63) is 59.2 Å². The Labute approximate surface area is 194 Å². The van der Waals surface area contributed by atoms with Crippen LogP contribution in [-0.2, 0) is 12.8 Å². The summed E-state index contributed by atoms with van der Waals surface area (Å²) in [5, 5.41) is 8.82. The zero-order valence-electron chi connectivity index (χ0n) is 19.2. The lowest BCUT2D eigenvalue weighted by atomic mass is 9.83. The van der Waals surface area contributed by atoms with Crippen LogP contribution in [0, 0.1) is 18.2 Å². The molecule has 0 atom stereocenters. The fraction of sp³-hybridized carbons (Fsp3) is 0.400. The van der Waals surface area contributed by atoms with Crippen molar-refractivity contribution in [2.75, 3.05) is 11.4 Å². The maximum Gasteiger partial charge on any atom is 0.393 e. The molecule has 5 rings (SSSR count). The monoisotopic (exact) mass is 471 g/mol. The summed E-state index contributed by atoms with van der Waals surface area (Å²) >= 11 is 0. The molecular formula is C25H25F4N5. The first-order chi connectivity index (χ1) is 16.1. The highest BCUT2D eigenvalue weighted by Crippen LogP contribution is 2.43. The van der Waals surface area contributed by atoms with Crippen molar-refractivity contribution in [2.24, 2.45) is 5.41 Å². The summed E-state index contributed by atoms with van der Waals surface area (Å²) in [5.41, 5.74) is 1.42. The van der Waals surface area contributed by atoms with Gasteiger partial charge in [-0.25, -0.2) is 4.39 Å². The minimum atomic E-state index is -4.26. The molecule has 3 heterocycles. The molecule has 178 valence electrons. The summed E-state index contributed by atoms with van der Waals surface area (Å²) in [5.74, 6) is 1.02. The first kappa shape index (κ1) is 22.6. The summed E-state index contributed by atoms with van der Waals surface area (Å²) in [6.45, 7) is 4.90. The highest BCUT2D eigenvalue weighted by molar-refractivity contribution is 5.94. The molecule has 0 unspecified atom stereocenters. The van der Waals surface area contributed by atoms with Crippen LogP contribution >= 0.6 is 0 Å². The Morgan fingerprint density at radius 1 is 1.03 bits per heavy atom. The fourth-order valence-corrected chi connectivity index (χ4v) is 4.71. The van der Waals surface area contributed by atoms with E-state index in [0.717, 1.165) is 29.7 Å². The van der Waals surface area contributed by atoms with Crippen molar-refractivity contribution in [1.82, 2.24) is 19.6 Å². The maximum atomic E-state index is 15.0. The number of anilines is 2. The van der Waals surface area contributed by atoms with Crippen molar-refractivity contribution >= 4 is 28.2 Å². The van der Waals surface area contributed by atoms with E-state index in [1.807, 2.05) is 29.2 Å². The highest BCUT2D eigenvalue weighted by Gasteiger charge is 2.46. The fourth-order valence-electron chi connectivity index (χ4n) is 4.71. The second-order valence-corrected chi connectivity index (χ2v) is 9.51. The van der Waals surface area contributed by atoms with E-state index in [1.54, 1.807) is 17.4 Å². The number of halogens is 4. The number of para-hydroxylation sites is 1. The van der Waals surface area contributed by atoms with Crippen LogP contribution in [-0.4, -0.2) is 32.3 Å². The Balaban J connectivity index is 1.61. The number of aromatic nitrogens is 4. The Morgan fingerprint density at radius 3 is 2.56 bits per heavy atom. The molecule has 1 aliphatic rings. The molecule has 0 fully saturated rings. The van der Waals surface area contributed by atoms with Crippen molar-refractivity contribution < 1.29 is 17.6 Å². The van der Waals surface area contributed by atoms with Crippen LogP contribution in [0.5, 0.6) is 0 Å². The van der Waals surface area contributed by atoms with Crippen LogP contribution in [0.4, 0.5) is 29.1 Å². The Hall–Kier alpha value is -3.23. The van der Waals surface area contributed by atoms with Gasteiger partial charge in [-0.05, 0) is 61.9 Å². The molecule has 0 saturated carbocycles. The zero-order valence-corrected chi connectivity index (χ0v) is 19.2. The first-order valence-electron chi connectivity index (χ1n) is 11.3. The van der Waals surface area contributed by atoms with Crippen LogP contribution in [0.3, 0.4) is 0 Å². The summed E-state index contributed by atoms with van der Waals surface area (Å²) in [4.78, 5) is 6.77. The average Bonchev–Trinajstić information content (AvgIpc) is 3.16. The molecule has 5 nitrogen and oxygen atoms in total. The Bertz CT molecular complexity index is 1390. The third kappa shape index (κ3) is 3.58. The molecule has 4 aromatic rings. The number of benzene rings is 2. The highest BCUT2D eigenvalue weighted by atomic mass is 19.4. The number of hydrogen-bond donors (Lipinski definition) is 0. The third-order valence-electron chi connectivity index (χ3n) is 6.85. The van der Waals surface area contributed by atoms with Gasteiger partial charge < -0.3 is 4.90 Å². The molecule has 0 saturated heterocycles. The minimum absolute atomic E-state index is 0.00429. The number of fused-ring (bicyclic) bond motifs is 4. The lowest BCUT2D eigenvalue weighted by molar-refractivity contribution is -0.213. The molecule has 1 aliphatic heterocycles. The molecule has 0 amide bonds. The second-order valence-electron chi connectivity index (χ2n) is 9.51. The number of nitrogens with zero attached hydrogens (tertiary/aromatic N) is 5.